The van der Waals surface area contributed by atoms with E-state index in [-0.39, 0.29) is 10.6 Å². The number of rotatable bonds is 3. The number of benzene rings is 2. The summed E-state index contributed by atoms with van der Waals surface area (Å²) in [5, 5.41) is 8.68. The number of nitrogens with one attached hydrogen (secondary N) is 1. The molecule has 8 heteroatoms. The van der Waals surface area contributed by atoms with Crippen LogP contribution in [0.25, 0.3) is 0 Å². The summed E-state index contributed by atoms with van der Waals surface area (Å²) in [5.41, 5.74) is 7.36. The van der Waals surface area contributed by atoms with Gasteiger partial charge in [-0.25, -0.2) is 13.6 Å². The normalized spacial score (nSPS) is 11.3. The molecule has 0 aliphatic heterocycles. The summed E-state index contributed by atoms with van der Waals surface area (Å²) in [6, 6.07) is 9.48. The van der Waals surface area contributed by atoms with Crippen molar-refractivity contribution in [2.75, 3.05) is 11.1 Å². The van der Waals surface area contributed by atoms with E-state index in [1.54, 1.807) is 24.3 Å². The average Bonchev–Trinajstić information content (AvgIpc) is 2.35. The summed E-state index contributed by atoms with van der Waals surface area (Å²) in [4.78, 5) is -0.0364. The number of hydrogen-bond acceptors (Lipinski definition) is 4. The standard InChI is InChI=1S/C12H11BrClN3O2S/c13-9-3-1-7(14)5-12(9)17-11-4-2-8(6-10(11)15)20(16,18)19/h1-6,17H,15H2,(H2,16,18,19). The van der Waals surface area contributed by atoms with Crippen LogP contribution in [0.5, 0.6) is 0 Å². The van der Waals surface area contributed by atoms with Gasteiger partial charge in [0.1, 0.15) is 0 Å². The van der Waals surface area contributed by atoms with E-state index < -0.39 is 10.0 Å². The van der Waals surface area contributed by atoms with Crippen LogP contribution in [-0.2, 0) is 10.0 Å². The van der Waals surface area contributed by atoms with E-state index in [2.05, 4.69) is 21.2 Å². The molecule has 0 amide bonds. The Morgan fingerprint density at radius 2 is 1.80 bits per heavy atom. The smallest absolute Gasteiger partial charge is 0.238 e. The number of primary sulfonamides is 1. The first-order valence-electron chi connectivity index (χ1n) is 5.42. The van der Waals surface area contributed by atoms with E-state index in [1.165, 1.54) is 12.1 Å². The van der Waals surface area contributed by atoms with Gasteiger partial charge in [-0.05, 0) is 52.3 Å². The van der Waals surface area contributed by atoms with E-state index >= 15 is 0 Å². The minimum Gasteiger partial charge on any atom is -0.397 e. The van der Waals surface area contributed by atoms with Gasteiger partial charge in [0.15, 0.2) is 0 Å². The van der Waals surface area contributed by atoms with Gasteiger partial charge >= 0.3 is 0 Å². The summed E-state index contributed by atoms with van der Waals surface area (Å²) in [7, 11) is -3.77. The molecule has 5 nitrogen and oxygen atoms in total. The zero-order chi connectivity index (χ0) is 14.9. The quantitative estimate of drug-likeness (QED) is 0.717. The molecule has 0 unspecified atom stereocenters. The molecule has 0 radical (unpaired) electrons. The Kier molecular flexibility index (Phi) is 4.24. The van der Waals surface area contributed by atoms with E-state index in [0.717, 1.165) is 4.47 Å². The molecule has 0 saturated heterocycles. The number of anilines is 3. The molecule has 0 aliphatic carbocycles. The van der Waals surface area contributed by atoms with Gasteiger partial charge < -0.3 is 11.1 Å². The molecule has 2 aromatic carbocycles. The summed E-state index contributed by atoms with van der Waals surface area (Å²) in [6.07, 6.45) is 0. The highest BCUT2D eigenvalue weighted by Gasteiger charge is 2.11. The predicted molar refractivity (Wildman–Crippen MR) is 84.7 cm³/mol. The molecule has 0 aliphatic rings. The maximum Gasteiger partial charge on any atom is 0.238 e. The third-order valence-corrected chi connectivity index (χ3v) is 4.39. The zero-order valence-corrected chi connectivity index (χ0v) is 13.3. The summed E-state index contributed by atoms with van der Waals surface area (Å²) in [5.74, 6) is 0. The lowest BCUT2D eigenvalue weighted by Crippen LogP contribution is -2.12. The SMILES string of the molecule is Nc1cc(S(N)(=O)=O)ccc1Nc1cc(Cl)ccc1Br. The van der Waals surface area contributed by atoms with Crippen molar-refractivity contribution in [3.63, 3.8) is 0 Å². The molecule has 2 rings (SSSR count). The van der Waals surface area contributed by atoms with Crippen LogP contribution in [0.1, 0.15) is 0 Å². The average molecular weight is 377 g/mol. The Morgan fingerprint density at radius 3 is 2.40 bits per heavy atom. The summed E-state index contributed by atoms with van der Waals surface area (Å²) >= 11 is 9.30. The van der Waals surface area contributed by atoms with Crippen LogP contribution >= 0.6 is 27.5 Å². The van der Waals surface area contributed by atoms with E-state index in [9.17, 15) is 8.42 Å². The van der Waals surface area contributed by atoms with Gasteiger partial charge in [-0.1, -0.05) is 11.6 Å². The van der Waals surface area contributed by atoms with Crippen LogP contribution in [0.2, 0.25) is 5.02 Å². The fourth-order valence-corrected chi connectivity index (χ4v) is 2.64. The van der Waals surface area contributed by atoms with Crippen LogP contribution in [0.3, 0.4) is 0 Å². The minimum absolute atomic E-state index is 0.0364. The van der Waals surface area contributed by atoms with Crippen molar-refractivity contribution in [1.82, 2.24) is 0 Å². The van der Waals surface area contributed by atoms with Gasteiger partial charge in [0.05, 0.1) is 22.0 Å². The molecular weight excluding hydrogens is 366 g/mol. The Labute approximate surface area is 130 Å². The molecule has 0 atom stereocenters. The van der Waals surface area contributed by atoms with Gasteiger partial charge in [0.2, 0.25) is 10.0 Å². The number of nitrogens with two attached hydrogens (primary N) is 2. The molecular formula is C12H11BrClN3O2S. The van der Waals surface area contributed by atoms with E-state index in [0.29, 0.717) is 16.4 Å². The lowest BCUT2D eigenvalue weighted by atomic mass is 10.2. The fourth-order valence-electron chi connectivity index (χ4n) is 1.57. The molecule has 20 heavy (non-hydrogen) atoms. The van der Waals surface area contributed by atoms with Crippen molar-refractivity contribution in [2.45, 2.75) is 4.90 Å². The lowest BCUT2D eigenvalue weighted by Gasteiger charge is -2.12. The predicted octanol–water partition coefficient (Wildman–Crippen LogP) is 3.08. The first kappa shape index (κ1) is 15.1. The van der Waals surface area contributed by atoms with Crippen molar-refractivity contribution in [1.29, 1.82) is 0 Å². The molecule has 0 bridgehead atoms. The Balaban J connectivity index is 2.38. The molecule has 5 N–H and O–H groups in total. The number of halogens is 2. The minimum atomic E-state index is -3.77. The largest absolute Gasteiger partial charge is 0.397 e. The second-order valence-electron chi connectivity index (χ2n) is 4.04. The highest BCUT2D eigenvalue weighted by atomic mass is 79.9. The van der Waals surface area contributed by atoms with Gasteiger partial charge in [0, 0.05) is 9.50 Å². The van der Waals surface area contributed by atoms with Crippen LogP contribution in [0.15, 0.2) is 45.8 Å². The molecule has 0 saturated carbocycles. The second kappa shape index (κ2) is 5.61. The second-order valence-corrected chi connectivity index (χ2v) is 6.90. The fraction of sp³-hybridized carbons (Fsp3) is 0. The van der Waals surface area contributed by atoms with Gasteiger partial charge in [-0.2, -0.15) is 0 Å². The zero-order valence-electron chi connectivity index (χ0n) is 10.1. The lowest BCUT2D eigenvalue weighted by molar-refractivity contribution is 0.598. The molecule has 0 fully saturated rings. The van der Waals surface area contributed by atoms with Crippen molar-refractivity contribution >= 4 is 54.6 Å². The third kappa shape index (κ3) is 3.43. The van der Waals surface area contributed by atoms with E-state index in [4.69, 9.17) is 22.5 Å². The Bertz CT molecular complexity index is 765. The number of nitrogen functional groups attached to an aromatic ring is 1. The Morgan fingerprint density at radius 1 is 1.10 bits per heavy atom. The molecule has 0 heterocycles. The number of hydrogen-bond donors (Lipinski definition) is 3. The maximum absolute atomic E-state index is 11.2. The van der Waals surface area contributed by atoms with E-state index in [1.807, 2.05) is 0 Å². The van der Waals surface area contributed by atoms with Crippen molar-refractivity contribution in [2.24, 2.45) is 5.14 Å². The van der Waals surface area contributed by atoms with Crippen LogP contribution < -0.4 is 16.2 Å². The topological polar surface area (TPSA) is 98.2 Å². The monoisotopic (exact) mass is 375 g/mol. The van der Waals surface area contributed by atoms with Gasteiger partial charge in [-0.15, -0.1) is 0 Å². The third-order valence-electron chi connectivity index (χ3n) is 2.55. The van der Waals surface area contributed by atoms with Gasteiger partial charge in [-0.3, -0.25) is 0 Å². The molecule has 2 aromatic rings. The molecule has 106 valence electrons. The molecule has 0 spiro atoms. The highest BCUT2D eigenvalue weighted by Crippen LogP contribution is 2.31. The first-order valence-corrected chi connectivity index (χ1v) is 8.13. The maximum atomic E-state index is 11.2. The summed E-state index contributed by atoms with van der Waals surface area (Å²) in [6.45, 7) is 0. The van der Waals surface area contributed by atoms with Crippen LogP contribution in [-0.4, -0.2) is 8.42 Å². The highest BCUT2D eigenvalue weighted by molar-refractivity contribution is 9.10. The van der Waals surface area contributed by atoms with Crippen molar-refractivity contribution in [3.05, 3.63) is 45.9 Å². The van der Waals surface area contributed by atoms with Gasteiger partial charge in [0.25, 0.3) is 0 Å². The van der Waals surface area contributed by atoms with Crippen molar-refractivity contribution in [3.8, 4) is 0 Å². The van der Waals surface area contributed by atoms with Crippen LogP contribution in [0, 0.1) is 0 Å². The van der Waals surface area contributed by atoms with Crippen LogP contribution in [0.4, 0.5) is 17.1 Å². The summed E-state index contributed by atoms with van der Waals surface area (Å²) < 4.78 is 23.3. The number of sulfonamides is 1. The molecule has 0 aromatic heterocycles. The Hall–Kier alpha value is -1.28. The first-order chi connectivity index (χ1) is 9.27. The van der Waals surface area contributed by atoms with Crippen molar-refractivity contribution < 1.29 is 8.42 Å².